The number of nitrogens with one attached hydrogen (secondary N) is 1. The van der Waals surface area contributed by atoms with E-state index in [0.717, 1.165) is 43.8 Å². The molecule has 0 aliphatic carbocycles. The number of hydrogen-bond donors (Lipinski definition) is 1. The number of halogens is 3. The van der Waals surface area contributed by atoms with Crippen LogP contribution >= 0.6 is 23.2 Å². The summed E-state index contributed by atoms with van der Waals surface area (Å²) in [6.45, 7) is 6.73. The Balaban J connectivity index is 1.32. The number of aromatic amines is 1. The molecule has 1 aliphatic heterocycles. The number of ether oxygens (including phenoxy) is 1. The van der Waals surface area contributed by atoms with Gasteiger partial charge in [0.05, 0.1) is 26.9 Å². The third-order valence-electron chi connectivity index (χ3n) is 6.52. The molecule has 1 aliphatic rings. The second kappa shape index (κ2) is 11.1. The van der Waals surface area contributed by atoms with E-state index < -0.39 is 11.9 Å². The van der Waals surface area contributed by atoms with Crippen LogP contribution < -0.4 is 4.74 Å². The number of pyridine rings is 2. The van der Waals surface area contributed by atoms with E-state index >= 15 is 4.39 Å². The Morgan fingerprint density at radius 2 is 1.86 bits per heavy atom. The van der Waals surface area contributed by atoms with E-state index in [1.807, 2.05) is 25.1 Å². The van der Waals surface area contributed by atoms with Crippen LogP contribution in [-0.2, 0) is 6.54 Å². The van der Waals surface area contributed by atoms with Crippen molar-refractivity contribution in [2.24, 2.45) is 0 Å². The molecule has 0 amide bonds. The minimum Gasteiger partial charge on any atom is -0.486 e. The highest BCUT2D eigenvalue weighted by Gasteiger charge is 2.17. The number of aromatic nitrogens is 4. The molecule has 3 aromatic heterocycles. The third-order valence-corrected chi connectivity index (χ3v) is 7.12. The summed E-state index contributed by atoms with van der Waals surface area (Å²) in [6, 6.07) is 9.08. The Morgan fingerprint density at radius 3 is 2.57 bits per heavy atom. The highest BCUT2D eigenvalue weighted by Crippen LogP contribution is 2.34. The van der Waals surface area contributed by atoms with Crippen molar-refractivity contribution < 1.29 is 9.13 Å². The van der Waals surface area contributed by atoms with Gasteiger partial charge < -0.3 is 9.64 Å². The monoisotopic (exact) mass is 540 g/mol. The summed E-state index contributed by atoms with van der Waals surface area (Å²) in [5.41, 5.74) is 3.22. The van der Waals surface area contributed by atoms with Crippen molar-refractivity contribution in [2.75, 3.05) is 33.2 Å². The number of H-pyrrole nitrogens is 1. The van der Waals surface area contributed by atoms with Gasteiger partial charge in [-0.25, -0.2) is 4.39 Å². The summed E-state index contributed by atoms with van der Waals surface area (Å²) in [5.74, 6) is 0.176. The zero-order chi connectivity index (χ0) is 25.9. The average Bonchev–Trinajstić information content (AvgIpc) is 3.27. The SMILES string of the molecule is CC(Oc1ccc2n[nH]c(/C=C(\F)c3ccc(CN4CCN(C)CC4)nc3)c2c1)c1c(Cl)cncc1Cl. The molecule has 1 saturated heterocycles. The van der Waals surface area contributed by atoms with Crippen LogP contribution in [0.3, 0.4) is 0 Å². The second-order valence-electron chi connectivity index (χ2n) is 9.20. The van der Waals surface area contributed by atoms with Crippen LogP contribution in [0.25, 0.3) is 22.8 Å². The molecule has 10 heteroatoms. The van der Waals surface area contributed by atoms with E-state index in [0.29, 0.717) is 38.1 Å². The van der Waals surface area contributed by atoms with E-state index in [1.165, 1.54) is 18.5 Å². The summed E-state index contributed by atoms with van der Waals surface area (Å²) in [6.07, 6.45) is 5.64. The Morgan fingerprint density at radius 1 is 1.11 bits per heavy atom. The molecule has 192 valence electrons. The summed E-state index contributed by atoms with van der Waals surface area (Å²) in [7, 11) is 2.13. The Kier molecular flexibility index (Phi) is 7.71. The molecule has 7 nitrogen and oxygen atoms in total. The first-order valence-electron chi connectivity index (χ1n) is 12.0. The second-order valence-corrected chi connectivity index (χ2v) is 10.0. The lowest BCUT2D eigenvalue weighted by molar-refractivity contribution is 0.147. The van der Waals surface area contributed by atoms with Crippen LogP contribution in [0.2, 0.25) is 10.0 Å². The lowest BCUT2D eigenvalue weighted by Crippen LogP contribution is -2.43. The van der Waals surface area contributed by atoms with Gasteiger partial charge in [0.25, 0.3) is 0 Å². The van der Waals surface area contributed by atoms with E-state index in [1.54, 1.807) is 18.3 Å². The third kappa shape index (κ3) is 5.93. The van der Waals surface area contributed by atoms with Gasteiger partial charge in [-0.05, 0) is 44.3 Å². The zero-order valence-corrected chi connectivity index (χ0v) is 22.1. The molecule has 0 saturated carbocycles. The Hall–Kier alpha value is -3.04. The predicted molar refractivity (Wildman–Crippen MR) is 145 cm³/mol. The number of benzene rings is 1. The van der Waals surface area contributed by atoms with Crippen molar-refractivity contribution in [3.8, 4) is 5.75 Å². The summed E-state index contributed by atoms with van der Waals surface area (Å²) < 4.78 is 21.3. The van der Waals surface area contributed by atoms with Gasteiger partial charge in [-0.2, -0.15) is 5.10 Å². The minimum atomic E-state index is -0.418. The van der Waals surface area contributed by atoms with E-state index in [2.05, 4.69) is 37.0 Å². The molecule has 37 heavy (non-hydrogen) atoms. The first-order chi connectivity index (χ1) is 17.9. The zero-order valence-electron chi connectivity index (χ0n) is 20.6. The van der Waals surface area contributed by atoms with Gasteiger partial charge in [-0.1, -0.05) is 23.2 Å². The number of rotatable bonds is 7. The lowest BCUT2D eigenvalue weighted by Gasteiger charge is -2.32. The maximum absolute atomic E-state index is 15.2. The quantitative estimate of drug-likeness (QED) is 0.309. The van der Waals surface area contributed by atoms with Crippen LogP contribution in [-0.4, -0.2) is 63.2 Å². The maximum atomic E-state index is 15.2. The molecule has 1 unspecified atom stereocenters. The number of likely N-dealkylation sites (N-methyl/N-ethyl adjacent to an activating group) is 1. The largest absolute Gasteiger partial charge is 0.486 e. The summed E-state index contributed by atoms with van der Waals surface area (Å²) >= 11 is 12.5. The van der Waals surface area contributed by atoms with Crippen molar-refractivity contribution >= 4 is 46.0 Å². The average molecular weight is 541 g/mol. The van der Waals surface area contributed by atoms with Crippen LogP contribution in [0.5, 0.6) is 5.75 Å². The maximum Gasteiger partial charge on any atom is 0.134 e. The molecule has 1 atom stereocenters. The van der Waals surface area contributed by atoms with Crippen molar-refractivity contribution in [2.45, 2.75) is 19.6 Å². The highest BCUT2D eigenvalue weighted by atomic mass is 35.5. The van der Waals surface area contributed by atoms with Crippen LogP contribution in [0, 0.1) is 0 Å². The molecule has 1 fully saturated rings. The molecular formula is C27H27Cl2FN6O. The van der Waals surface area contributed by atoms with Crippen molar-refractivity contribution in [3.05, 3.63) is 81.5 Å². The molecule has 5 rings (SSSR count). The molecule has 1 aromatic carbocycles. The van der Waals surface area contributed by atoms with Gasteiger partial charge >= 0.3 is 0 Å². The van der Waals surface area contributed by atoms with Crippen LogP contribution in [0.15, 0.2) is 48.9 Å². The molecule has 4 aromatic rings. The standard InChI is InChI=1S/C27H27Cl2FN6O/c1-17(27-22(28)14-31-15-23(27)29)37-20-5-6-25-21(11-20)26(34-33-25)12-24(30)18-3-4-19(32-13-18)16-36-9-7-35(2)8-10-36/h3-6,11-15,17H,7-10,16H2,1-2H3,(H,33,34)/b24-12-. The smallest absolute Gasteiger partial charge is 0.134 e. The fraction of sp³-hybridized carbons (Fsp3) is 0.296. The number of nitrogens with zero attached hydrogens (tertiary/aromatic N) is 5. The molecule has 0 bridgehead atoms. The molecule has 0 radical (unpaired) electrons. The minimum absolute atomic E-state index is 0.403. The molecule has 0 spiro atoms. The van der Waals surface area contributed by atoms with Gasteiger partial charge in [0, 0.05) is 73.9 Å². The van der Waals surface area contributed by atoms with E-state index in [-0.39, 0.29) is 0 Å². The lowest BCUT2D eigenvalue weighted by atomic mass is 10.1. The van der Waals surface area contributed by atoms with Crippen molar-refractivity contribution in [3.63, 3.8) is 0 Å². The van der Waals surface area contributed by atoms with Crippen LogP contribution in [0.1, 0.15) is 35.5 Å². The first-order valence-corrected chi connectivity index (χ1v) is 12.8. The molecule has 4 heterocycles. The van der Waals surface area contributed by atoms with Gasteiger partial charge in [-0.15, -0.1) is 0 Å². The topological polar surface area (TPSA) is 70.2 Å². The number of hydrogen-bond acceptors (Lipinski definition) is 6. The van der Waals surface area contributed by atoms with Crippen molar-refractivity contribution in [1.82, 2.24) is 30.0 Å². The summed E-state index contributed by atoms with van der Waals surface area (Å²) in [4.78, 5) is 13.1. The number of fused-ring (bicyclic) bond motifs is 1. The Labute approximate surface area is 224 Å². The van der Waals surface area contributed by atoms with Crippen LogP contribution in [0.4, 0.5) is 4.39 Å². The first kappa shape index (κ1) is 25.6. The van der Waals surface area contributed by atoms with Gasteiger partial charge in [-0.3, -0.25) is 20.0 Å². The van der Waals surface area contributed by atoms with Gasteiger partial charge in [0.15, 0.2) is 0 Å². The summed E-state index contributed by atoms with van der Waals surface area (Å²) in [5, 5.41) is 8.79. The Bertz CT molecular complexity index is 1400. The molecular weight excluding hydrogens is 514 g/mol. The fourth-order valence-electron chi connectivity index (χ4n) is 4.37. The predicted octanol–water partition coefficient (Wildman–Crippen LogP) is 6.01. The van der Waals surface area contributed by atoms with Gasteiger partial charge in [0.1, 0.15) is 17.7 Å². The fourth-order valence-corrected chi connectivity index (χ4v) is 5.04. The molecule has 1 N–H and O–H groups in total. The normalized spacial score (nSPS) is 16.3. The van der Waals surface area contributed by atoms with Gasteiger partial charge in [0.2, 0.25) is 0 Å². The number of piperazine rings is 1. The van der Waals surface area contributed by atoms with E-state index in [4.69, 9.17) is 27.9 Å². The van der Waals surface area contributed by atoms with E-state index in [9.17, 15) is 0 Å². The van der Waals surface area contributed by atoms with Crippen molar-refractivity contribution in [1.29, 1.82) is 0 Å². The highest BCUT2D eigenvalue weighted by molar-refractivity contribution is 6.35.